The predicted octanol–water partition coefficient (Wildman–Crippen LogP) is 0.643. The Balaban J connectivity index is 0.000000292. The first-order chi connectivity index (χ1) is 6.85. The zero-order valence-electron chi connectivity index (χ0n) is 9.46. The van der Waals surface area contributed by atoms with Crippen LogP contribution >= 0.6 is 11.8 Å². The lowest BCUT2D eigenvalue weighted by molar-refractivity contribution is 0.180. The third-order valence-corrected chi connectivity index (χ3v) is 2.85. The van der Waals surface area contributed by atoms with E-state index >= 15 is 0 Å². The maximum absolute atomic E-state index is 8.56. The molecule has 0 amide bonds. The second-order valence-electron chi connectivity index (χ2n) is 3.10. The van der Waals surface area contributed by atoms with Crippen molar-refractivity contribution in [2.24, 2.45) is 0 Å². The Morgan fingerprint density at radius 2 is 1.79 bits per heavy atom. The minimum atomic E-state index is 0.292. The van der Waals surface area contributed by atoms with Crippen LogP contribution in [0.3, 0.4) is 0 Å². The lowest BCUT2D eigenvalue weighted by Gasteiger charge is -2.25. The van der Waals surface area contributed by atoms with Crippen molar-refractivity contribution in [1.29, 1.82) is 0 Å². The molecule has 2 N–H and O–H groups in total. The van der Waals surface area contributed by atoms with Crippen molar-refractivity contribution in [3.63, 3.8) is 0 Å². The number of β-amino-alcohol motifs (C(OH)–C–C–N with tert-alkyl or cyclic N) is 1. The highest BCUT2D eigenvalue weighted by Gasteiger charge is 2.06. The van der Waals surface area contributed by atoms with E-state index < -0.39 is 0 Å². The van der Waals surface area contributed by atoms with E-state index in [1.165, 1.54) is 11.5 Å². The van der Waals surface area contributed by atoms with Crippen LogP contribution in [-0.2, 0) is 0 Å². The quantitative estimate of drug-likeness (QED) is 0.729. The van der Waals surface area contributed by atoms with E-state index in [1.54, 1.807) is 0 Å². The number of aliphatic hydroxyl groups is 1. The van der Waals surface area contributed by atoms with Gasteiger partial charge in [0.05, 0.1) is 6.61 Å². The van der Waals surface area contributed by atoms with Gasteiger partial charge in [-0.2, -0.15) is 11.8 Å². The van der Waals surface area contributed by atoms with Gasteiger partial charge in [-0.25, -0.2) is 0 Å². The van der Waals surface area contributed by atoms with Crippen LogP contribution in [0.15, 0.2) is 0 Å². The molecule has 0 aromatic carbocycles. The first-order valence-corrected chi connectivity index (χ1v) is 6.62. The molecule has 1 aliphatic rings. The van der Waals surface area contributed by atoms with Gasteiger partial charge in [-0.15, -0.1) is 0 Å². The maximum Gasteiger partial charge on any atom is 0.0558 e. The van der Waals surface area contributed by atoms with Gasteiger partial charge in [0.1, 0.15) is 0 Å². The van der Waals surface area contributed by atoms with Crippen LogP contribution in [0.1, 0.15) is 13.8 Å². The fraction of sp³-hybridized carbons (Fsp3) is 1.00. The Hall–Kier alpha value is 0.230. The second kappa shape index (κ2) is 11.3. The molecule has 14 heavy (non-hydrogen) atoms. The van der Waals surface area contributed by atoms with Gasteiger partial charge >= 0.3 is 0 Å². The molecule has 0 aromatic heterocycles. The van der Waals surface area contributed by atoms with Crippen LogP contribution in [-0.4, -0.2) is 60.8 Å². The van der Waals surface area contributed by atoms with Crippen molar-refractivity contribution in [3.8, 4) is 0 Å². The highest BCUT2D eigenvalue weighted by Crippen LogP contribution is 1.93. The topological polar surface area (TPSA) is 35.5 Å². The number of piperazine rings is 1. The summed E-state index contributed by atoms with van der Waals surface area (Å²) in [6, 6.07) is 0. The van der Waals surface area contributed by atoms with E-state index in [1.807, 2.05) is 11.8 Å². The highest BCUT2D eigenvalue weighted by atomic mass is 32.2. The molecule has 1 rings (SSSR count). The second-order valence-corrected chi connectivity index (χ2v) is 4.66. The molecule has 0 atom stereocenters. The first kappa shape index (κ1) is 14.2. The fourth-order valence-corrected chi connectivity index (χ4v) is 1.69. The molecule has 0 spiro atoms. The van der Waals surface area contributed by atoms with Crippen LogP contribution in [0.25, 0.3) is 0 Å². The van der Waals surface area contributed by atoms with Crippen LogP contribution in [0.5, 0.6) is 0 Å². The Morgan fingerprint density at radius 1 is 1.21 bits per heavy atom. The van der Waals surface area contributed by atoms with Crippen molar-refractivity contribution in [1.82, 2.24) is 10.2 Å². The van der Waals surface area contributed by atoms with E-state index in [0.29, 0.717) is 6.61 Å². The van der Waals surface area contributed by atoms with Gasteiger partial charge in [0.2, 0.25) is 0 Å². The molecule has 86 valence electrons. The zero-order valence-corrected chi connectivity index (χ0v) is 10.3. The number of thioether (sulfide) groups is 1. The molecule has 0 saturated carbocycles. The molecule has 0 unspecified atom stereocenters. The normalized spacial score (nSPS) is 17.4. The number of nitrogens with one attached hydrogen (secondary N) is 1. The van der Waals surface area contributed by atoms with Crippen LogP contribution in [0.4, 0.5) is 0 Å². The average Bonchev–Trinajstić information content (AvgIpc) is 2.22. The number of hydrogen-bond acceptors (Lipinski definition) is 4. The van der Waals surface area contributed by atoms with Crippen molar-refractivity contribution in [3.05, 3.63) is 0 Å². The smallest absolute Gasteiger partial charge is 0.0558 e. The lowest BCUT2D eigenvalue weighted by Crippen LogP contribution is -2.44. The molecule has 0 aromatic rings. The molecule has 1 aliphatic heterocycles. The molecule has 0 aliphatic carbocycles. The summed E-state index contributed by atoms with van der Waals surface area (Å²) in [5.41, 5.74) is 0. The minimum Gasteiger partial charge on any atom is -0.395 e. The maximum atomic E-state index is 8.56. The van der Waals surface area contributed by atoms with Gasteiger partial charge in [-0.3, -0.25) is 4.90 Å². The molecule has 0 radical (unpaired) electrons. The van der Waals surface area contributed by atoms with Gasteiger partial charge in [-0.05, 0) is 11.5 Å². The van der Waals surface area contributed by atoms with E-state index in [2.05, 4.69) is 24.1 Å². The number of nitrogens with zero attached hydrogens (tertiary/aromatic N) is 1. The van der Waals surface area contributed by atoms with Gasteiger partial charge < -0.3 is 10.4 Å². The van der Waals surface area contributed by atoms with Crippen LogP contribution < -0.4 is 5.32 Å². The molecule has 4 heteroatoms. The summed E-state index contributed by atoms with van der Waals surface area (Å²) in [6.07, 6.45) is 0. The van der Waals surface area contributed by atoms with Crippen molar-refractivity contribution in [2.75, 3.05) is 50.8 Å². The van der Waals surface area contributed by atoms with Gasteiger partial charge in [0, 0.05) is 32.7 Å². The minimum absolute atomic E-state index is 0.292. The van der Waals surface area contributed by atoms with Crippen molar-refractivity contribution >= 4 is 11.8 Å². The Bertz CT molecular complexity index is 104. The van der Waals surface area contributed by atoms with Gasteiger partial charge in [0.15, 0.2) is 0 Å². The average molecular weight is 220 g/mol. The number of hydrogen-bond donors (Lipinski definition) is 2. The molecular formula is C10H24N2OS. The molecule has 1 fully saturated rings. The Labute approximate surface area is 92.3 Å². The summed E-state index contributed by atoms with van der Waals surface area (Å²) in [6.45, 7) is 9.78. The van der Waals surface area contributed by atoms with Crippen LogP contribution in [0, 0.1) is 0 Å². The largest absolute Gasteiger partial charge is 0.395 e. The van der Waals surface area contributed by atoms with E-state index in [9.17, 15) is 0 Å². The van der Waals surface area contributed by atoms with Gasteiger partial charge in [0.25, 0.3) is 0 Å². The van der Waals surface area contributed by atoms with E-state index in [4.69, 9.17) is 5.11 Å². The summed E-state index contributed by atoms with van der Waals surface area (Å²) in [7, 11) is 0. The third-order valence-electron chi connectivity index (χ3n) is 2.03. The molecular weight excluding hydrogens is 196 g/mol. The highest BCUT2D eigenvalue weighted by molar-refractivity contribution is 7.99. The molecule has 1 heterocycles. The Morgan fingerprint density at radius 3 is 2.14 bits per heavy atom. The third kappa shape index (κ3) is 8.81. The zero-order chi connectivity index (χ0) is 10.6. The lowest BCUT2D eigenvalue weighted by atomic mass is 10.4. The fourth-order valence-electron chi connectivity index (χ4n) is 1.28. The monoisotopic (exact) mass is 220 g/mol. The summed E-state index contributed by atoms with van der Waals surface area (Å²) in [5, 5.41) is 11.8. The number of rotatable bonds is 4. The molecule has 0 bridgehead atoms. The van der Waals surface area contributed by atoms with Gasteiger partial charge in [-0.1, -0.05) is 13.8 Å². The first-order valence-electron chi connectivity index (χ1n) is 5.46. The predicted molar refractivity (Wildman–Crippen MR) is 65.1 cm³/mol. The number of aliphatic hydroxyl groups excluding tert-OH is 1. The molecule has 1 saturated heterocycles. The summed E-state index contributed by atoms with van der Waals surface area (Å²) >= 11 is 1.96. The summed E-state index contributed by atoms with van der Waals surface area (Å²) in [5.74, 6) is 2.52. The van der Waals surface area contributed by atoms with Crippen LogP contribution in [0.2, 0.25) is 0 Å². The standard InChI is InChI=1S/C6H14N2O.C4H10S/c9-6-5-8-3-1-7-2-4-8;1-3-5-4-2/h7,9H,1-6H2;3-4H2,1-2H3. The van der Waals surface area contributed by atoms with E-state index in [0.717, 1.165) is 32.7 Å². The Kier molecular flexibility index (Phi) is 11.5. The summed E-state index contributed by atoms with van der Waals surface area (Å²) in [4.78, 5) is 2.26. The summed E-state index contributed by atoms with van der Waals surface area (Å²) < 4.78 is 0. The van der Waals surface area contributed by atoms with Crippen molar-refractivity contribution in [2.45, 2.75) is 13.8 Å². The molecule has 3 nitrogen and oxygen atoms in total. The SMILES string of the molecule is CCSCC.OCCN1CCNCC1. The van der Waals surface area contributed by atoms with Crippen molar-refractivity contribution < 1.29 is 5.11 Å². The van der Waals surface area contributed by atoms with E-state index in [-0.39, 0.29) is 0 Å².